The van der Waals surface area contributed by atoms with E-state index >= 15 is 0 Å². The van der Waals surface area contributed by atoms with Gasteiger partial charge >= 0.3 is 0 Å². The highest BCUT2D eigenvalue weighted by Gasteiger charge is 2.26. The highest BCUT2D eigenvalue weighted by molar-refractivity contribution is 6.07. The second-order valence-corrected chi connectivity index (χ2v) is 8.03. The molecule has 0 bridgehead atoms. The Hall–Kier alpha value is -2.73. The van der Waals surface area contributed by atoms with Gasteiger partial charge in [0.15, 0.2) is 0 Å². The van der Waals surface area contributed by atoms with Crippen molar-refractivity contribution in [1.29, 1.82) is 0 Å². The number of amides is 1. The van der Waals surface area contributed by atoms with Gasteiger partial charge in [-0.25, -0.2) is 4.98 Å². The number of rotatable bonds is 4. The molecule has 0 aliphatic carbocycles. The minimum atomic E-state index is 0.0913. The fourth-order valence-electron chi connectivity index (χ4n) is 4.18. The van der Waals surface area contributed by atoms with Crippen LogP contribution in [0.25, 0.3) is 22.2 Å². The lowest BCUT2D eigenvalue weighted by Crippen LogP contribution is -2.42. The van der Waals surface area contributed by atoms with Crippen LogP contribution < -0.4 is 0 Å². The van der Waals surface area contributed by atoms with E-state index in [1.165, 1.54) is 0 Å². The SMILES string of the molecule is CCCn1cc(-c2cc(C(=O)N3CCCN(C)C[C@H]3C)c3ccccc3n2)cn1. The van der Waals surface area contributed by atoms with Crippen molar-refractivity contribution in [2.24, 2.45) is 0 Å². The summed E-state index contributed by atoms with van der Waals surface area (Å²) in [5, 5.41) is 5.34. The number of para-hydroxylation sites is 1. The summed E-state index contributed by atoms with van der Waals surface area (Å²) in [4.78, 5) is 22.8. The smallest absolute Gasteiger partial charge is 0.254 e. The van der Waals surface area contributed by atoms with Gasteiger partial charge in [0.05, 0.1) is 23.0 Å². The van der Waals surface area contributed by atoms with Crippen LogP contribution in [0, 0.1) is 0 Å². The summed E-state index contributed by atoms with van der Waals surface area (Å²) in [6.45, 7) is 7.84. The second-order valence-electron chi connectivity index (χ2n) is 8.03. The molecule has 0 radical (unpaired) electrons. The Morgan fingerprint density at radius 3 is 2.90 bits per heavy atom. The third kappa shape index (κ3) is 4.03. The van der Waals surface area contributed by atoms with E-state index in [1.807, 2.05) is 52.3 Å². The summed E-state index contributed by atoms with van der Waals surface area (Å²) < 4.78 is 1.93. The number of nitrogens with zero attached hydrogens (tertiary/aromatic N) is 5. The van der Waals surface area contributed by atoms with Gasteiger partial charge in [0, 0.05) is 42.8 Å². The normalized spacial score (nSPS) is 18.2. The molecule has 1 amide bonds. The number of benzene rings is 1. The van der Waals surface area contributed by atoms with E-state index in [2.05, 4.69) is 30.9 Å². The number of carbonyl (C=O) groups excluding carboxylic acids is 1. The molecule has 1 saturated heterocycles. The van der Waals surface area contributed by atoms with Crippen LogP contribution in [-0.4, -0.2) is 63.2 Å². The molecule has 0 unspecified atom stereocenters. The lowest BCUT2D eigenvalue weighted by molar-refractivity contribution is 0.0698. The average molecular weight is 392 g/mol. The maximum Gasteiger partial charge on any atom is 0.254 e. The molecule has 6 nitrogen and oxygen atoms in total. The van der Waals surface area contributed by atoms with Crippen molar-refractivity contribution < 1.29 is 4.79 Å². The Morgan fingerprint density at radius 2 is 2.07 bits per heavy atom. The molecule has 6 heteroatoms. The van der Waals surface area contributed by atoms with Gasteiger partial charge in [0.25, 0.3) is 5.91 Å². The zero-order valence-corrected chi connectivity index (χ0v) is 17.5. The van der Waals surface area contributed by atoms with Crippen molar-refractivity contribution in [2.75, 3.05) is 26.7 Å². The van der Waals surface area contributed by atoms with E-state index in [0.717, 1.165) is 66.7 Å². The zero-order chi connectivity index (χ0) is 20.4. The number of fused-ring (bicyclic) bond motifs is 1. The van der Waals surface area contributed by atoms with E-state index in [9.17, 15) is 4.79 Å². The summed E-state index contributed by atoms with van der Waals surface area (Å²) >= 11 is 0. The van der Waals surface area contributed by atoms with Gasteiger partial charge in [-0.1, -0.05) is 25.1 Å². The van der Waals surface area contributed by atoms with Crippen molar-refractivity contribution in [2.45, 2.75) is 39.3 Å². The van der Waals surface area contributed by atoms with Gasteiger partial charge in [-0.15, -0.1) is 0 Å². The van der Waals surface area contributed by atoms with Crippen molar-refractivity contribution >= 4 is 16.8 Å². The topological polar surface area (TPSA) is 54.3 Å². The predicted molar refractivity (Wildman–Crippen MR) is 116 cm³/mol. The lowest BCUT2D eigenvalue weighted by atomic mass is 10.0. The van der Waals surface area contributed by atoms with Crippen LogP contribution in [0.2, 0.25) is 0 Å². The van der Waals surface area contributed by atoms with Gasteiger partial charge in [0.2, 0.25) is 0 Å². The quantitative estimate of drug-likeness (QED) is 0.681. The number of likely N-dealkylation sites (N-methyl/N-ethyl adjacent to an activating group) is 1. The molecule has 3 aromatic rings. The first-order chi connectivity index (χ1) is 14.1. The molecule has 152 valence electrons. The number of hydrogen-bond donors (Lipinski definition) is 0. The third-order valence-corrected chi connectivity index (χ3v) is 5.64. The van der Waals surface area contributed by atoms with Crippen molar-refractivity contribution in [3.8, 4) is 11.3 Å². The van der Waals surface area contributed by atoms with Crippen LogP contribution in [-0.2, 0) is 6.54 Å². The van der Waals surface area contributed by atoms with Crippen LogP contribution in [0.1, 0.15) is 37.0 Å². The monoisotopic (exact) mass is 391 g/mol. The van der Waals surface area contributed by atoms with Crippen LogP contribution in [0.4, 0.5) is 0 Å². The summed E-state index contributed by atoms with van der Waals surface area (Å²) in [5.74, 6) is 0.0913. The Labute approximate surface area is 172 Å². The van der Waals surface area contributed by atoms with E-state index in [4.69, 9.17) is 4.98 Å². The number of aryl methyl sites for hydroxylation is 1. The van der Waals surface area contributed by atoms with E-state index < -0.39 is 0 Å². The van der Waals surface area contributed by atoms with Gasteiger partial charge in [-0.3, -0.25) is 9.48 Å². The predicted octanol–water partition coefficient (Wildman–Crippen LogP) is 3.67. The molecular formula is C23H29N5O. The molecule has 1 aromatic carbocycles. The lowest BCUT2D eigenvalue weighted by Gasteiger charge is -2.28. The maximum atomic E-state index is 13.6. The summed E-state index contributed by atoms with van der Waals surface area (Å²) in [7, 11) is 2.12. The number of carbonyl (C=O) groups is 1. The molecule has 4 rings (SSSR count). The van der Waals surface area contributed by atoms with Crippen molar-refractivity contribution in [3.05, 3.63) is 48.3 Å². The fourth-order valence-corrected chi connectivity index (χ4v) is 4.18. The third-order valence-electron chi connectivity index (χ3n) is 5.64. The Morgan fingerprint density at radius 1 is 1.24 bits per heavy atom. The molecule has 0 saturated carbocycles. The first kappa shape index (κ1) is 19.6. The highest BCUT2D eigenvalue weighted by Crippen LogP contribution is 2.26. The van der Waals surface area contributed by atoms with Crippen molar-refractivity contribution in [1.82, 2.24) is 24.6 Å². The van der Waals surface area contributed by atoms with E-state index in [1.54, 1.807) is 0 Å². The van der Waals surface area contributed by atoms with Crippen LogP contribution in [0.15, 0.2) is 42.7 Å². The maximum absolute atomic E-state index is 13.6. The van der Waals surface area contributed by atoms with Gasteiger partial charge < -0.3 is 9.80 Å². The van der Waals surface area contributed by atoms with Crippen molar-refractivity contribution in [3.63, 3.8) is 0 Å². The molecule has 0 N–H and O–H groups in total. The minimum absolute atomic E-state index is 0.0913. The van der Waals surface area contributed by atoms with Gasteiger partial charge in [0.1, 0.15) is 0 Å². The molecule has 1 fully saturated rings. The summed E-state index contributed by atoms with van der Waals surface area (Å²) in [6, 6.07) is 10.0. The van der Waals surface area contributed by atoms with E-state index in [0.29, 0.717) is 0 Å². The van der Waals surface area contributed by atoms with Crippen LogP contribution >= 0.6 is 0 Å². The summed E-state index contributed by atoms with van der Waals surface area (Å²) in [5.41, 5.74) is 3.32. The zero-order valence-electron chi connectivity index (χ0n) is 17.5. The van der Waals surface area contributed by atoms with Gasteiger partial charge in [-0.05, 0) is 45.5 Å². The van der Waals surface area contributed by atoms with Crippen LogP contribution in [0.3, 0.4) is 0 Å². The molecular weight excluding hydrogens is 362 g/mol. The Bertz CT molecular complexity index is 1010. The largest absolute Gasteiger partial charge is 0.335 e. The first-order valence-corrected chi connectivity index (χ1v) is 10.5. The minimum Gasteiger partial charge on any atom is -0.335 e. The van der Waals surface area contributed by atoms with Gasteiger partial charge in [-0.2, -0.15) is 5.10 Å². The average Bonchev–Trinajstić information content (AvgIpc) is 3.11. The molecule has 3 heterocycles. The Balaban J connectivity index is 1.77. The van der Waals surface area contributed by atoms with E-state index in [-0.39, 0.29) is 11.9 Å². The second kappa shape index (κ2) is 8.33. The molecule has 29 heavy (non-hydrogen) atoms. The molecule has 2 aromatic heterocycles. The Kier molecular flexibility index (Phi) is 5.62. The molecule has 1 aliphatic rings. The molecule has 0 spiro atoms. The standard InChI is InChI=1S/C23H29N5O/c1-4-10-27-16-18(14-24-27)22-13-20(19-8-5-6-9-21(19)25-22)23(29)28-12-7-11-26(3)15-17(28)2/h5-6,8-9,13-14,16-17H,4,7,10-12,15H2,1-3H3/t17-/m1/s1. The molecule has 1 atom stereocenters. The van der Waals surface area contributed by atoms with Crippen LogP contribution in [0.5, 0.6) is 0 Å². The number of aromatic nitrogens is 3. The number of pyridine rings is 1. The highest BCUT2D eigenvalue weighted by atomic mass is 16.2. The molecule has 1 aliphatic heterocycles. The fraction of sp³-hybridized carbons (Fsp3) is 0.435. The summed E-state index contributed by atoms with van der Waals surface area (Å²) in [6.07, 6.45) is 5.87. The first-order valence-electron chi connectivity index (χ1n) is 10.5. The number of hydrogen-bond acceptors (Lipinski definition) is 4.